The maximum Gasteiger partial charge on any atom is 0.125 e. The smallest absolute Gasteiger partial charge is 0.125 e. The molecule has 0 saturated heterocycles. The highest BCUT2D eigenvalue weighted by atomic mass is 79.9. The minimum atomic E-state index is 0.416. The molecule has 0 aliphatic heterocycles. The van der Waals surface area contributed by atoms with Crippen molar-refractivity contribution in [3.05, 3.63) is 63.9 Å². The van der Waals surface area contributed by atoms with Crippen molar-refractivity contribution in [1.82, 2.24) is 9.55 Å². The number of nitrogens with zero attached hydrogens (tertiary/aromatic N) is 2. The molecule has 4 heteroatoms. The number of halogens is 2. The largest absolute Gasteiger partial charge is 0.322 e. The van der Waals surface area contributed by atoms with Gasteiger partial charge in [-0.25, -0.2) is 4.98 Å². The molecule has 0 unspecified atom stereocenters. The zero-order chi connectivity index (χ0) is 14.8. The number of aryl methyl sites for hydroxylation is 1. The number of imidazole rings is 1. The average molecular weight is 364 g/mol. The molecule has 108 valence electrons. The summed E-state index contributed by atoms with van der Waals surface area (Å²) in [5.41, 5.74) is 4.72. The lowest BCUT2D eigenvalue weighted by Crippen LogP contribution is -2.03. The highest BCUT2D eigenvalue weighted by molar-refractivity contribution is 9.10. The van der Waals surface area contributed by atoms with E-state index >= 15 is 0 Å². The van der Waals surface area contributed by atoms with E-state index < -0.39 is 0 Å². The van der Waals surface area contributed by atoms with Crippen molar-refractivity contribution >= 4 is 38.6 Å². The zero-order valence-corrected chi connectivity index (χ0v) is 14.2. The van der Waals surface area contributed by atoms with Gasteiger partial charge in [-0.2, -0.15) is 0 Å². The zero-order valence-electron chi connectivity index (χ0n) is 11.8. The SMILES string of the molecule is CCc1ccc(Cn2c(CCl)nc3cc(Br)ccc32)cc1. The van der Waals surface area contributed by atoms with E-state index in [1.54, 1.807) is 0 Å². The van der Waals surface area contributed by atoms with Crippen LogP contribution in [-0.4, -0.2) is 9.55 Å². The molecule has 2 nitrogen and oxygen atoms in total. The monoisotopic (exact) mass is 362 g/mol. The summed E-state index contributed by atoms with van der Waals surface area (Å²) in [6, 6.07) is 14.9. The minimum Gasteiger partial charge on any atom is -0.322 e. The van der Waals surface area contributed by atoms with E-state index in [0.29, 0.717) is 5.88 Å². The summed E-state index contributed by atoms with van der Waals surface area (Å²) < 4.78 is 3.23. The van der Waals surface area contributed by atoms with Gasteiger partial charge in [0, 0.05) is 11.0 Å². The summed E-state index contributed by atoms with van der Waals surface area (Å²) in [6.07, 6.45) is 1.06. The van der Waals surface area contributed by atoms with Crippen LogP contribution >= 0.6 is 27.5 Å². The van der Waals surface area contributed by atoms with Gasteiger partial charge in [0.2, 0.25) is 0 Å². The van der Waals surface area contributed by atoms with E-state index in [9.17, 15) is 0 Å². The fourth-order valence-electron chi connectivity index (χ4n) is 2.49. The van der Waals surface area contributed by atoms with Crippen molar-refractivity contribution < 1.29 is 0 Å². The predicted molar refractivity (Wildman–Crippen MR) is 91.9 cm³/mol. The van der Waals surface area contributed by atoms with E-state index in [1.165, 1.54) is 11.1 Å². The Kier molecular flexibility index (Phi) is 4.32. The molecule has 0 saturated carbocycles. The van der Waals surface area contributed by atoms with Crippen molar-refractivity contribution in [3.63, 3.8) is 0 Å². The van der Waals surface area contributed by atoms with Crippen LogP contribution in [0, 0.1) is 0 Å². The highest BCUT2D eigenvalue weighted by Gasteiger charge is 2.10. The molecule has 0 bridgehead atoms. The maximum atomic E-state index is 6.06. The first-order valence-corrected chi connectivity index (χ1v) is 8.32. The molecule has 0 aliphatic rings. The van der Waals surface area contributed by atoms with Gasteiger partial charge in [-0.15, -0.1) is 11.6 Å². The third-order valence-corrected chi connectivity index (χ3v) is 4.41. The van der Waals surface area contributed by atoms with Gasteiger partial charge in [-0.05, 0) is 35.7 Å². The lowest BCUT2D eigenvalue weighted by atomic mass is 10.1. The maximum absolute atomic E-state index is 6.06. The van der Waals surface area contributed by atoms with Crippen molar-refractivity contribution in [2.24, 2.45) is 0 Å². The molecule has 0 fully saturated rings. The summed E-state index contributed by atoms with van der Waals surface area (Å²) in [6.45, 7) is 2.96. The molecule has 0 radical (unpaired) electrons. The number of alkyl halides is 1. The van der Waals surface area contributed by atoms with E-state index in [4.69, 9.17) is 11.6 Å². The third kappa shape index (κ3) is 2.99. The van der Waals surface area contributed by atoms with Crippen LogP contribution in [0.3, 0.4) is 0 Å². The Bertz CT molecular complexity index is 762. The second kappa shape index (κ2) is 6.20. The van der Waals surface area contributed by atoms with Crippen molar-refractivity contribution in [2.75, 3.05) is 0 Å². The number of benzene rings is 2. The number of aromatic nitrogens is 2. The number of hydrogen-bond donors (Lipinski definition) is 0. The van der Waals surface area contributed by atoms with Crippen LogP contribution in [0.5, 0.6) is 0 Å². The molecule has 0 amide bonds. The van der Waals surface area contributed by atoms with Crippen molar-refractivity contribution in [3.8, 4) is 0 Å². The van der Waals surface area contributed by atoms with E-state index in [-0.39, 0.29) is 0 Å². The average Bonchev–Trinajstić information content (AvgIpc) is 2.85. The summed E-state index contributed by atoms with van der Waals surface area (Å²) in [7, 11) is 0. The minimum absolute atomic E-state index is 0.416. The van der Waals surface area contributed by atoms with Crippen LogP contribution in [0.1, 0.15) is 23.9 Å². The molecule has 2 aromatic carbocycles. The fraction of sp³-hybridized carbons (Fsp3) is 0.235. The summed E-state index contributed by atoms with van der Waals surface area (Å²) in [4.78, 5) is 4.62. The predicted octanol–water partition coefficient (Wildman–Crippen LogP) is 5.15. The van der Waals surface area contributed by atoms with Crippen LogP contribution in [0.25, 0.3) is 11.0 Å². The highest BCUT2D eigenvalue weighted by Crippen LogP contribution is 2.23. The number of hydrogen-bond acceptors (Lipinski definition) is 1. The molecule has 3 rings (SSSR count). The van der Waals surface area contributed by atoms with Gasteiger partial charge >= 0.3 is 0 Å². The molecule has 0 aliphatic carbocycles. The van der Waals surface area contributed by atoms with Gasteiger partial charge in [-0.1, -0.05) is 47.1 Å². The number of fused-ring (bicyclic) bond motifs is 1. The molecule has 0 spiro atoms. The Morgan fingerprint density at radius 3 is 2.48 bits per heavy atom. The number of rotatable bonds is 4. The first-order chi connectivity index (χ1) is 10.2. The Labute approximate surface area is 137 Å². The lowest BCUT2D eigenvalue weighted by Gasteiger charge is -2.08. The molecular weight excluding hydrogens is 348 g/mol. The molecule has 0 N–H and O–H groups in total. The second-order valence-corrected chi connectivity index (χ2v) is 6.23. The van der Waals surface area contributed by atoms with Gasteiger partial charge < -0.3 is 4.57 Å². The van der Waals surface area contributed by atoms with Gasteiger partial charge in [0.25, 0.3) is 0 Å². The Morgan fingerprint density at radius 2 is 1.81 bits per heavy atom. The third-order valence-electron chi connectivity index (χ3n) is 3.68. The summed E-state index contributed by atoms with van der Waals surface area (Å²) in [5.74, 6) is 1.32. The molecule has 1 aromatic heterocycles. The van der Waals surface area contributed by atoms with Crippen molar-refractivity contribution in [1.29, 1.82) is 0 Å². The topological polar surface area (TPSA) is 17.8 Å². The van der Waals surface area contributed by atoms with Crippen LogP contribution in [0.4, 0.5) is 0 Å². The standard InChI is InChI=1S/C17H16BrClN2/c1-2-12-3-5-13(6-4-12)11-21-16-8-7-14(18)9-15(16)20-17(21)10-19/h3-9H,2,10-11H2,1H3. The van der Waals surface area contributed by atoms with Crippen LogP contribution in [-0.2, 0) is 18.8 Å². The molecule has 1 heterocycles. The first-order valence-electron chi connectivity index (χ1n) is 6.99. The Hall–Kier alpha value is -1.32. The van der Waals surface area contributed by atoms with E-state index in [0.717, 1.165) is 34.3 Å². The Balaban J connectivity index is 2.01. The van der Waals surface area contributed by atoms with Gasteiger partial charge in [0.15, 0.2) is 0 Å². The van der Waals surface area contributed by atoms with Gasteiger partial charge in [-0.3, -0.25) is 0 Å². The Morgan fingerprint density at radius 1 is 1.10 bits per heavy atom. The summed E-state index contributed by atoms with van der Waals surface area (Å²) >= 11 is 9.55. The lowest BCUT2D eigenvalue weighted by molar-refractivity contribution is 0.778. The molecule has 21 heavy (non-hydrogen) atoms. The first kappa shape index (κ1) is 14.6. The van der Waals surface area contributed by atoms with Crippen LogP contribution < -0.4 is 0 Å². The van der Waals surface area contributed by atoms with Crippen LogP contribution in [0.15, 0.2) is 46.9 Å². The van der Waals surface area contributed by atoms with E-state index in [2.05, 4.69) is 62.7 Å². The fourth-order valence-corrected chi connectivity index (χ4v) is 3.05. The summed E-state index contributed by atoms with van der Waals surface area (Å²) in [5, 5.41) is 0. The van der Waals surface area contributed by atoms with Gasteiger partial charge in [0.1, 0.15) is 5.82 Å². The quantitative estimate of drug-likeness (QED) is 0.586. The van der Waals surface area contributed by atoms with E-state index in [1.807, 2.05) is 12.1 Å². The van der Waals surface area contributed by atoms with Crippen molar-refractivity contribution in [2.45, 2.75) is 25.8 Å². The second-order valence-electron chi connectivity index (χ2n) is 5.05. The molecule has 0 atom stereocenters. The van der Waals surface area contributed by atoms with Gasteiger partial charge in [0.05, 0.1) is 16.9 Å². The molecular formula is C17H16BrClN2. The normalized spacial score (nSPS) is 11.2. The molecule has 3 aromatic rings. The van der Waals surface area contributed by atoms with Crippen LogP contribution in [0.2, 0.25) is 0 Å².